The van der Waals surface area contributed by atoms with Crippen molar-refractivity contribution in [3.8, 4) is 0 Å². The van der Waals surface area contributed by atoms with E-state index in [1.807, 2.05) is 38.1 Å². The molecular weight excluding hydrogens is 438 g/mol. The first kappa shape index (κ1) is 25.2. The van der Waals surface area contributed by atoms with Gasteiger partial charge in [-0.25, -0.2) is 12.7 Å². The molecule has 7 nitrogen and oxygen atoms in total. The maximum absolute atomic E-state index is 13.3. The molecule has 3 rings (SSSR count). The van der Waals surface area contributed by atoms with E-state index in [-0.39, 0.29) is 16.9 Å². The first-order valence-electron chi connectivity index (χ1n) is 11.5. The molecule has 1 aliphatic heterocycles. The number of ether oxygens (including phenoxy) is 1. The van der Waals surface area contributed by atoms with Crippen molar-refractivity contribution in [3.63, 3.8) is 0 Å². The number of anilines is 1. The Hall–Kier alpha value is -2.42. The molecule has 0 radical (unpaired) electrons. The van der Waals surface area contributed by atoms with Gasteiger partial charge in [0.25, 0.3) is 5.91 Å². The molecule has 1 saturated heterocycles. The topological polar surface area (TPSA) is 78.9 Å². The van der Waals surface area contributed by atoms with Crippen LogP contribution >= 0.6 is 0 Å². The van der Waals surface area contributed by atoms with Crippen LogP contribution in [0, 0.1) is 0 Å². The Balaban J connectivity index is 1.87. The highest BCUT2D eigenvalue weighted by molar-refractivity contribution is 7.89. The second-order valence-electron chi connectivity index (χ2n) is 8.83. The molecule has 0 aliphatic carbocycles. The van der Waals surface area contributed by atoms with Gasteiger partial charge in [0.05, 0.1) is 23.2 Å². The van der Waals surface area contributed by atoms with E-state index in [1.165, 1.54) is 26.6 Å². The monoisotopic (exact) mass is 473 g/mol. The highest BCUT2D eigenvalue weighted by atomic mass is 32.2. The fraction of sp³-hybridized carbons (Fsp3) is 0.480. The van der Waals surface area contributed by atoms with Crippen molar-refractivity contribution in [1.29, 1.82) is 0 Å². The number of nitrogens with zero attached hydrogens (tertiary/aromatic N) is 2. The molecule has 1 N–H and O–H groups in total. The molecule has 8 heteroatoms. The van der Waals surface area contributed by atoms with Crippen molar-refractivity contribution >= 4 is 21.6 Å². The Morgan fingerprint density at radius 3 is 2.36 bits per heavy atom. The Morgan fingerprint density at radius 2 is 1.73 bits per heavy atom. The number of hydrogen-bond donors (Lipinski definition) is 1. The number of nitrogens with one attached hydrogen (secondary N) is 1. The smallest absolute Gasteiger partial charge is 0.253 e. The van der Waals surface area contributed by atoms with Crippen molar-refractivity contribution in [2.75, 3.05) is 32.1 Å². The first-order valence-corrected chi connectivity index (χ1v) is 12.9. The summed E-state index contributed by atoms with van der Waals surface area (Å²) in [5, 5.41) is 3.00. The number of benzene rings is 2. The summed E-state index contributed by atoms with van der Waals surface area (Å²) in [7, 11) is -0.672. The number of piperidine rings is 1. The van der Waals surface area contributed by atoms with Crippen molar-refractivity contribution < 1.29 is 17.9 Å². The summed E-state index contributed by atoms with van der Waals surface area (Å²) in [6.45, 7) is 6.49. The summed E-state index contributed by atoms with van der Waals surface area (Å²) in [5.41, 5.74) is 3.16. The molecule has 1 aliphatic rings. The van der Waals surface area contributed by atoms with E-state index in [2.05, 4.69) is 10.2 Å². The lowest BCUT2D eigenvalue weighted by atomic mass is 10.1. The minimum absolute atomic E-state index is 0.112. The fourth-order valence-corrected chi connectivity index (χ4v) is 4.81. The van der Waals surface area contributed by atoms with Gasteiger partial charge in [-0.3, -0.25) is 4.79 Å². The molecule has 180 valence electrons. The second-order valence-corrected chi connectivity index (χ2v) is 11.0. The van der Waals surface area contributed by atoms with Gasteiger partial charge in [0.2, 0.25) is 10.0 Å². The van der Waals surface area contributed by atoms with Gasteiger partial charge in [0, 0.05) is 39.4 Å². The molecule has 1 fully saturated rings. The van der Waals surface area contributed by atoms with E-state index < -0.39 is 10.0 Å². The lowest BCUT2D eigenvalue weighted by Crippen LogP contribution is -2.33. The summed E-state index contributed by atoms with van der Waals surface area (Å²) in [6.07, 6.45) is 3.39. The summed E-state index contributed by atoms with van der Waals surface area (Å²) in [5.74, 6) is -0.286. The maximum Gasteiger partial charge on any atom is 0.253 e. The normalized spacial score (nSPS) is 14.7. The summed E-state index contributed by atoms with van der Waals surface area (Å²) in [6, 6.07) is 12.7. The van der Waals surface area contributed by atoms with Crippen LogP contribution in [0.2, 0.25) is 0 Å². The zero-order valence-electron chi connectivity index (χ0n) is 20.0. The lowest BCUT2D eigenvalue weighted by molar-refractivity contribution is 0.0651. The van der Waals surface area contributed by atoms with Gasteiger partial charge in [-0.2, -0.15) is 0 Å². The zero-order valence-corrected chi connectivity index (χ0v) is 20.8. The molecule has 0 bridgehead atoms. The van der Waals surface area contributed by atoms with Gasteiger partial charge < -0.3 is 15.0 Å². The average molecular weight is 474 g/mol. The van der Waals surface area contributed by atoms with Gasteiger partial charge in [0.1, 0.15) is 0 Å². The van der Waals surface area contributed by atoms with Crippen LogP contribution in [0.3, 0.4) is 0 Å². The third-order valence-electron chi connectivity index (χ3n) is 5.82. The fourth-order valence-electron chi connectivity index (χ4n) is 3.88. The van der Waals surface area contributed by atoms with E-state index in [0.717, 1.165) is 47.1 Å². The molecule has 1 amide bonds. The molecule has 0 spiro atoms. The molecule has 1 heterocycles. The summed E-state index contributed by atoms with van der Waals surface area (Å²) >= 11 is 0. The minimum atomic E-state index is -3.65. The van der Waals surface area contributed by atoms with Crippen LogP contribution in [0.1, 0.15) is 54.6 Å². The molecule has 0 unspecified atom stereocenters. The molecule has 0 atom stereocenters. The third-order valence-corrected chi connectivity index (χ3v) is 7.63. The first-order chi connectivity index (χ1) is 15.7. The Bertz CT molecular complexity index is 1060. The van der Waals surface area contributed by atoms with E-state index in [4.69, 9.17) is 4.74 Å². The van der Waals surface area contributed by atoms with Crippen LogP contribution in [0.5, 0.6) is 0 Å². The minimum Gasteiger partial charge on any atom is -0.374 e. The van der Waals surface area contributed by atoms with Crippen LogP contribution < -0.4 is 10.2 Å². The maximum atomic E-state index is 13.3. The van der Waals surface area contributed by atoms with Crippen molar-refractivity contribution in [2.45, 2.75) is 57.3 Å². The molecule has 0 saturated carbocycles. The van der Waals surface area contributed by atoms with Gasteiger partial charge in [-0.15, -0.1) is 0 Å². The van der Waals surface area contributed by atoms with Crippen LogP contribution in [-0.2, 0) is 27.9 Å². The van der Waals surface area contributed by atoms with Gasteiger partial charge in [0.15, 0.2) is 0 Å². The van der Waals surface area contributed by atoms with Gasteiger partial charge in [-0.1, -0.05) is 24.3 Å². The quantitative estimate of drug-likeness (QED) is 0.600. The van der Waals surface area contributed by atoms with Gasteiger partial charge in [-0.05, 0) is 62.4 Å². The number of carbonyl (C=O) groups excluding carboxylic acids is 1. The zero-order chi connectivity index (χ0) is 24.0. The van der Waals surface area contributed by atoms with E-state index >= 15 is 0 Å². The largest absolute Gasteiger partial charge is 0.374 e. The number of sulfonamides is 1. The average Bonchev–Trinajstić information content (AvgIpc) is 2.81. The van der Waals surface area contributed by atoms with Crippen LogP contribution in [0.15, 0.2) is 47.4 Å². The molecule has 2 aromatic carbocycles. The Labute approximate surface area is 197 Å². The standard InChI is InChI=1S/C25H35N3O4S/c1-19(2)32-18-21-11-7-6-10-20(21)17-26-25(29)23-16-22(33(30,31)27(3)4)12-13-24(23)28-14-8-5-9-15-28/h6-7,10-13,16,19H,5,8-9,14-15,17-18H2,1-4H3,(H,26,29). The summed E-state index contributed by atoms with van der Waals surface area (Å²) < 4.78 is 32.3. The molecule has 2 aromatic rings. The highest BCUT2D eigenvalue weighted by Crippen LogP contribution is 2.28. The highest BCUT2D eigenvalue weighted by Gasteiger charge is 2.24. The van der Waals surface area contributed by atoms with Crippen molar-refractivity contribution in [1.82, 2.24) is 9.62 Å². The summed E-state index contributed by atoms with van der Waals surface area (Å²) in [4.78, 5) is 15.6. The van der Waals surface area contributed by atoms with Gasteiger partial charge >= 0.3 is 0 Å². The molecule has 0 aromatic heterocycles. The van der Waals surface area contributed by atoms with Crippen LogP contribution in [0.25, 0.3) is 0 Å². The Morgan fingerprint density at radius 1 is 1.06 bits per heavy atom. The van der Waals surface area contributed by atoms with Crippen molar-refractivity contribution in [2.24, 2.45) is 0 Å². The Kier molecular flexibility index (Phi) is 8.51. The number of hydrogen-bond acceptors (Lipinski definition) is 5. The van der Waals surface area contributed by atoms with Crippen LogP contribution in [0.4, 0.5) is 5.69 Å². The third kappa shape index (κ3) is 6.34. The lowest BCUT2D eigenvalue weighted by Gasteiger charge is -2.30. The molecule has 33 heavy (non-hydrogen) atoms. The SMILES string of the molecule is CC(C)OCc1ccccc1CNC(=O)c1cc(S(=O)(=O)N(C)C)ccc1N1CCCCC1. The van der Waals surface area contributed by atoms with E-state index in [0.29, 0.717) is 18.7 Å². The van der Waals surface area contributed by atoms with Crippen LogP contribution in [-0.4, -0.2) is 51.9 Å². The second kappa shape index (κ2) is 11.1. The number of carbonyl (C=O) groups is 1. The number of rotatable bonds is 9. The number of amides is 1. The van der Waals surface area contributed by atoms with E-state index in [1.54, 1.807) is 12.1 Å². The van der Waals surface area contributed by atoms with Crippen molar-refractivity contribution in [3.05, 3.63) is 59.2 Å². The molecular formula is C25H35N3O4S. The predicted molar refractivity (Wildman–Crippen MR) is 131 cm³/mol. The predicted octanol–water partition coefficient (Wildman–Crippen LogP) is 3.78. The van der Waals surface area contributed by atoms with E-state index in [9.17, 15) is 13.2 Å².